The molecule has 104 valence electrons. The van der Waals surface area contributed by atoms with E-state index >= 15 is 0 Å². The van der Waals surface area contributed by atoms with Gasteiger partial charge in [-0.1, -0.05) is 11.8 Å². The lowest BCUT2D eigenvalue weighted by Gasteiger charge is -2.05. The Kier molecular flexibility index (Phi) is 3.62. The van der Waals surface area contributed by atoms with Gasteiger partial charge in [0.2, 0.25) is 0 Å². The predicted octanol–water partition coefficient (Wildman–Crippen LogP) is 3.37. The van der Waals surface area contributed by atoms with Gasteiger partial charge in [-0.05, 0) is 19.4 Å². The topological polar surface area (TPSA) is 66.5 Å². The summed E-state index contributed by atoms with van der Waals surface area (Å²) < 4.78 is 0. The van der Waals surface area contributed by atoms with Gasteiger partial charge in [-0.15, -0.1) is 11.3 Å². The highest BCUT2D eigenvalue weighted by Crippen LogP contribution is 2.33. The van der Waals surface area contributed by atoms with Crippen LogP contribution >= 0.6 is 23.1 Å². The van der Waals surface area contributed by atoms with Crippen molar-refractivity contribution in [3.63, 3.8) is 0 Å². The van der Waals surface area contributed by atoms with E-state index in [0.717, 1.165) is 27.0 Å². The third kappa shape index (κ3) is 2.38. The molecule has 0 fully saturated rings. The molecule has 0 aromatic carbocycles. The van der Waals surface area contributed by atoms with Gasteiger partial charge in [-0.2, -0.15) is 0 Å². The van der Waals surface area contributed by atoms with Gasteiger partial charge < -0.3 is 10.3 Å². The number of hydrogen-bond donors (Lipinski definition) is 2. The molecular formula is C13H15N5S2. The minimum Gasteiger partial charge on any atom is -0.372 e. The number of aryl methyl sites for hydroxylation is 2. The molecule has 3 rings (SSSR count). The Morgan fingerprint density at radius 2 is 2.20 bits per heavy atom. The molecule has 3 aromatic heterocycles. The Morgan fingerprint density at radius 1 is 1.35 bits per heavy atom. The zero-order valence-corrected chi connectivity index (χ0v) is 13.2. The number of thioether (sulfide) groups is 1. The number of nitrogens with one attached hydrogen (secondary N) is 2. The Balaban J connectivity index is 1.96. The summed E-state index contributed by atoms with van der Waals surface area (Å²) in [7, 11) is 1.90. The maximum absolute atomic E-state index is 4.67. The zero-order valence-electron chi connectivity index (χ0n) is 11.5. The molecule has 0 amide bonds. The van der Waals surface area contributed by atoms with Crippen molar-refractivity contribution >= 4 is 39.1 Å². The highest BCUT2D eigenvalue weighted by molar-refractivity contribution is 7.98. The molecule has 0 unspecified atom stereocenters. The molecule has 0 saturated heterocycles. The largest absolute Gasteiger partial charge is 0.372 e. The van der Waals surface area contributed by atoms with Crippen LogP contribution in [0.4, 0.5) is 5.82 Å². The number of aromatic nitrogens is 4. The van der Waals surface area contributed by atoms with Crippen molar-refractivity contribution in [3.05, 3.63) is 28.7 Å². The van der Waals surface area contributed by atoms with Crippen molar-refractivity contribution < 1.29 is 0 Å². The number of anilines is 1. The van der Waals surface area contributed by atoms with Gasteiger partial charge in [0.15, 0.2) is 5.16 Å². The third-order valence-electron chi connectivity index (χ3n) is 3.12. The number of hydrogen-bond acceptors (Lipinski definition) is 6. The van der Waals surface area contributed by atoms with Gasteiger partial charge in [0.05, 0.1) is 11.1 Å². The van der Waals surface area contributed by atoms with Gasteiger partial charge >= 0.3 is 0 Å². The van der Waals surface area contributed by atoms with E-state index in [1.165, 1.54) is 10.4 Å². The van der Waals surface area contributed by atoms with Gasteiger partial charge in [-0.25, -0.2) is 15.0 Å². The van der Waals surface area contributed by atoms with Crippen molar-refractivity contribution in [2.75, 3.05) is 12.4 Å². The standard InChI is InChI=1S/C13H15N5S2/c1-7-8(2)20-12-10(7)11(14-3)17-9(18-12)6-19-13-15-4-5-16-13/h4-5H,6H2,1-3H3,(H,15,16)(H,14,17,18). The number of aromatic amines is 1. The first-order valence-corrected chi connectivity index (χ1v) is 8.05. The van der Waals surface area contributed by atoms with Crippen LogP contribution in [0.5, 0.6) is 0 Å². The van der Waals surface area contributed by atoms with E-state index in [2.05, 4.69) is 39.1 Å². The number of fused-ring (bicyclic) bond motifs is 1. The van der Waals surface area contributed by atoms with E-state index in [9.17, 15) is 0 Å². The van der Waals surface area contributed by atoms with Crippen LogP contribution in [0.1, 0.15) is 16.3 Å². The van der Waals surface area contributed by atoms with E-state index in [-0.39, 0.29) is 0 Å². The summed E-state index contributed by atoms with van der Waals surface area (Å²) in [6.45, 7) is 4.24. The molecule has 0 bridgehead atoms. The molecule has 5 nitrogen and oxygen atoms in total. The lowest BCUT2D eigenvalue weighted by Crippen LogP contribution is -2.00. The summed E-state index contributed by atoms with van der Waals surface area (Å²) in [5, 5.41) is 5.21. The second-order valence-electron chi connectivity index (χ2n) is 4.38. The molecule has 0 aliphatic carbocycles. The normalized spacial score (nSPS) is 11.2. The first-order chi connectivity index (χ1) is 9.69. The van der Waals surface area contributed by atoms with Crippen LogP contribution in [-0.4, -0.2) is 27.0 Å². The lowest BCUT2D eigenvalue weighted by molar-refractivity contribution is 1.03. The molecule has 0 aliphatic heterocycles. The van der Waals surface area contributed by atoms with Crippen molar-refractivity contribution in [2.24, 2.45) is 0 Å². The van der Waals surface area contributed by atoms with Crippen LogP contribution in [0.3, 0.4) is 0 Å². The second-order valence-corrected chi connectivity index (χ2v) is 6.55. The molecule has 0 atom stereocenters. The monoisotopic (exact) mass is 305 g/mol. The van der Waals surface area contributed by atoms with E-state index in [0.29, 0.717) is 5.75 Å². The van der Waals surface area contributed by atoms with Crippen molar-refractivity contribution in [3.8, 4) is 0 Å². The van der Waals surface area contributed by atoms with Crippen LogP contribution in [0, 0.1) is 13.8 Å². The smallest absolute Gasteiger partial charge is 0.165 e. The van der Waals surface area contributed by atoms with Crippen molar-refractivity contribution in [2.45, 2.75) is 24.8 Å². The molecule has 0 saturated carbocycles. The fourth-order valence-electron chi connectivity index (χ4n) is 2.00. The Labute approximate surface area is 125 Å². The molecule has 0 radical (unpaired) electrons. The summed E-state index contributed by atoms with van der Waals surface area (Å²) in [4.78, 5) is 18.9. The predicted molar refractivity (Wildman–Crippen MR) is 84.6 cm³/mol. The number of H-pyrrole nitrogens is 1. The van der Waals surface area contributed by atoms with E-state index in [1.807, 2.05) is 13.2 Å². The molecule has 2 N–H and O–H groups in total. The lowest BCUT2D eigenvalue weighted by atomic mass is 10.2. The van der Waals surface area contributed by atoms with Gasteiger partial charge in [0, 0.05) is 24.3 Å². The summed E-state index contributed by atoms with van der Waals surface area (Å²) in [5.74, 6) is 2.44. The van der Waals surface area contributed by atoms with Crippen molar-refractivity contribution in [1.82, 2.24) is 19.9 Å². The quantitative estimate of drug-likeness (QED) is 0.723. The number of nitrogens with zero attached hydrogens (tertiary/aromatic N) is 3. The fraction of sp³-hybridized carbons (Fsp3) is 0.308. The minimum absolute atomic E-state index is 0.703. The Bertz CT molecular complexity index is 733. The minimum atomic E-state index is 0.703. The van der Waals surface area contributed by atoms with E-state index in [1.54, 1.807) is 29.3 Å². The molecule has 20 heavy (non-hydrogen) atoms. The summed E-state index contributed by atoms with van der Waals surface area (Å²) in [6.07, 6.45) is 3.56. The average molecular weight is 305 g/mol. The molecule has 7 heteroatoms. The van der Waals surface area contributed by atoms with Gasteiger partial charge in [-0.3, -0.25) is 0 Å². The first-order valence-electron chi connectivity index (χ1n) is 6.25. The van der Waals surface area contributed by atoms with E-state index < -0.39 is 0 Å². The third-order valence-corrected chi connectivity index (χ3v) is 5.12. The number of thiophene rings is 1. The van der Waals surface area contributed by atoms with Crippen LogP contribution in [0.15, 0.2) is 17.6 Å². The Hall–Kier alpha value is -1.60. The Morgan fingerprint density at radius 3 is 2.90 bits per heavy atom. The van der Waals surface area contributed by atoms with Crippen LogP contribution in [0.25, 0.3) is 10.2 Å². The molecule has 3 aromatic rings. The van der Waals surface area contributed by atoms with Crippen molar-refractivity contribution in [1.29, 1.82) is 0 Å². The van der Waals surface area contributed by atoms with Gasteiger partial charge in [0.1, 0.15) is 16.5 Å². The molecule has 0 spiro atoms. The second kappa shape index (κ2) is 5.41. The maximum Gasteiger partial charge on any atom is 0.165 e. The van der Waals surface area contributed by atoms with Crippen LogP contribution in [0.2, 0.25) is 0 Å². The SMILES string of the molecule is CNc1nc(CSc2ncc[nH]2)nc2sc(C)c(C)c12. The maximum atomic E-state index is 4.67. The fourth-order valence-corrected chi connectivity index (χ4v) is 3.73. The summed E-state index contributed by atoms with van der Waals surface area (Å²) in [6, 6.07) is 0. The summed E-state index contributed by atoms with van der Waals surface area (Å²) in [5.41, 5.74) is 1.26. The molecular weight excluding hydrogens is 290 g/mol. The number of rotatable bonds is 4. The number of imidazole rings is 1. The summed E-state index contributed by atoms with van der Waals surface area (Å²) >= 11 is 3.33. The van der Waals surface area contributed by atoms with Gasteiger partial charge in [0.25, 0.3) is 0 Å². The highest BCUT2D eigenvalue weighted by Gasteiger charge is 2.14. The van der Waals surface area contributed by atoms with E-state index in [4.69, 9.17) is 0 Å². The zero-order chi connectivity index (χ0) is 14.1. The molecule has 3 heterocycles. The van der Waals surface area contributed by atoms with Crippen LogP contribution in [-0.2, 0) is 5.75 Å². The average Bonchev–Trinajstić information content (AvgIpc) is 3.05. The first kappa shape index (κ1) is 13.4. The van der Waals surface area contributed by atoms with Crippen LogP contribution < -0.4 is 5.32 Å². The highest BCUT2D eigenvalue weighted by atomic mass is 32.2. The molecule has 0 aliphatic rings.